The van der Waals surface area contributed by atoms with Crippen molar-refractivity contribution >= 4 is 11.7 Å². The Morgan fingerprint density at radius 1 is 1.08 bits per heavy atom. The lowest BCUT2D eigenvalue weighted by Gasteiger charge is -2.29. The van der Waals surface area contributed by atoms with Gasteiger partial charge in [-0.3, -0.25) is 0 Å². The fourth-order valence-corrected chi connectivity index (χ4v) is 3.13. The Morgan fingerprint density at radius 3 is 2.56 bits per heavy atom. The van der Waals surface area contributed by atoms with Crippen LogP contribution in [0.4, 0.5) is 14.9 Å². The minimum absolute atomic E-state index is 0.0692. The van der Waals surface area contributed by atoms with Gasteiger partial charge in [0.05, 0.1) is 6.10 Å². The van der Waals surface area contributed by atoms with Gasteiger partial charge in [0, 0.05) is 17.8 Å². The SMILES string of the molecule is Cc1cccc(NC(=O)NC2CCC(Oc3cccc(F)c3)CC2)c1. The molecule has 2 amide bonds. The second kappa shape index (κ2) is 8.01. The van der Waals surface area contributed by atoms with Crippen molar-refractivity contribution in [1.29, 1.82) is 0 Å². The summed E-state index contributed by atoms with van der Waals surface area (Å²) in [7, 11) is 0. The van der Waals surface area contributed by atoms with Crippen LogP contribution in [0.15, 0.2) is 48.5 Å². The summed E-state index contributed by atoms with van der Waals surface area (Å²) >= 11 is 0. The van der Waals surface area contributed by atoms with E-state index in [9.17, 15) is 9.18 Å². The quantitative estimate of drug-likeness (QED) is 0.850. The number of ether oxygens (including phenoxy) is 1. The lowest BCUT2D eigenvalue weighted by molar-refractivity contribution is 0.140. The van der Waals surface area contributed by atoms with E-state index in [4.69, 9.17) is 4.74 Å². The van der Waals surface area contributed by atoms with Gasteiger partial charge in [-0.15, -0.1) is 0 Å². The van der Waals surface area contributed by atoms with Crippen molar-refractivity contribution < 1.29 is 13.9 Å². The van der Waals surface area contributed by atoms with Crippen LogP contribution < -0.4 is 15.4 Å². The van der Waals surface area contributed by atoms with E-state index in [1.807, 2.05) is 31.2 Å². The van der Waals surface area contributed by atoms with Gasteiger partial charge in [0.25, 0.3) is 0 Å². The van der Waals surface area contributed by atoms with E-state index in [1.165, 1.54) is 12.1 Å². The molecule has 1 saturated carbocycles. The van der Waals surface area contributed by atoms with Gasteiger partial charge in [0.15, 0.2) is 0 Å². The number of carbonyl (C=O) groups is 1. The van der Waals surface area contributed by atoms with Crippen molar-refractivity contribution in [1.82, 2.24) is 5.32 Å². The van der Waals surface area contributed by atoms with Crippen molar-refractivity contribution in [2.75, 3.05) is 5.32 Å². The molecule has 0 spiro atoms. The highest BCUT2D eigenvalue weighted by Gasteiger charge is 2.23. The Hall–Kier alpha value is -2.56. The number of urea groups is 1. The standard InChI is InChI=1S/C20H23FN2O2/c1-14-4-2-6-17(12-14)23-20(24)22-16-8-10-18(11-9-16)25-19-7-3-5-15(21)13-19/h2-7,12-13,16,18H,8-11H2,1H3,(H2,22,23,24). The summed E-state index contributed by atoms with van der Waals surface area (Å²) in [6.07, 6.45) is 3.44. The fraction of sp³-hybridized carbons (Fsp3) is 0.350. The molecular formula is C20H23FN2O2. The minimum Gasteiger partial charge on any atom is -0.490 e. The lowest BCUT2D eigenvalue weighted by Crippen LogP contribution is -2.41. The van der Waals surface area contributed by atoms with Crippen molar-refractivity contribution in [3.63, 3.8) is 0 Å². The number of rotatable bonds is 4. The van der Waals surface area contributed by atoms with Crippen molar-refractivity contribution in [3.05, 3.63) is 59.9 Å². The molecular weight excluding hydrogens is 319 g/mol. The van der Waals surface area contributed by atoms with Crippen LogP contribution in [-0.4, -0.2) is 18.2 Å². The molecule has 25 heavy (non-hydrogen) atoms. The Labute approximate surface area is 147 Å². The third-order valence-corrected chi connectivity index (χ3v) is 4.38. The molecule has 1 aliphatic carbocycles. The van der Waals surface area contributed by atoms with Gasteiger partial charge in [-0.1, -0.05) is 18.2 Å². The first kappa shape index (κ1) is 17.3. The van der Waals surface area contributed by atoms with E-state index in [0.29, 0.717) is 5.75 Å². The van der Waals surface area contributed by atoms with Crippen LogP contribution in [-0.2, 0) is 0 Å². The molecule has 4 nitrogen and oxygen atoms in total. The molecule has 1 fully saturated rings. The maximum absolute atomic E-state index is 13.2. The zero-order valence-electron chi connectivity index (χ0n) is 14.3. The number of hydrogen-bond donors (Lipinski definition) is 2. The Bertz CT molecular complexity index is 727. The zero-order valence-corrected chi connectivity index (χ0v) is 14.3. The number of benzene rings is 2. The fourth-order valence-electron chi connectivity index (χ4n) is 3.13. The van der Waals surface area contributed by atoms with Gasteiger partial charge in [-0.05, 0) is 62.4 Å². The first-order valence-corrected chi connectivity index (χ1v) is 8.65. The van der Waals surface area contributed by atoms with Crippen LogP contribution >= 0.6 is 0 Å². The van der Waals surface area contributed by atoms with E-state index >= 15 is 0 Å². The molecule has 2 N–H and O–H groups in total. The molecule has 3 rings (SSSR count). The van der Waals surface area contributed by atoms with Gasteiger partial charge in [-0.2, -0.15) is 0 Å². The second-order valence-electron chi connectivity index (χ2n) is 6.52. The largest absolute Gasteiger partial charge is 0.490 e. The van der Waals surface area contributed by atoms with Crippen LogP contribution in [0.2, 0.25) is 0 Å². The summed E-state index contributed by atoms with van der Waals surface area (Å²) in [5.41, 5.74) is 1.90. The summed E-state index contributed by atoms with van der Waals surface area (Å²) in [6, 6.07) is 13.9. The molecule has 2 aromatic rings. The molecule has 0 bridgehead atoms. The number of carbonyl (C=O) groups excluding carboxylic acids is 1. The molecule has 0 radical (unpaired) electrons. The maximum atomic E-state index is 13.2. The van der Waals surface area contributed by atoms with Gasteiger partial charge >= 0.3 is 6.03 Å². The Balaban J connectivity index is 1.43. The number of nitrogens with one attached hydrogen (secondary N) is 2. The van der Waals surface area contributed by atoms with Crippen molar-refractivity contribution in [2.24, 2.45) is 0 Å². The molecule has 0 aliphatic heterocycles. The molecule has 0 aromatic heterocycles. The number of anilines is 1. The highest BCUT2D eigenvalue weighted by Crippen LogP contribution is 2.24. The monoisotopic (exact) mass is 342 g/mol. The van der Waals surface area contributed by atoms with E-state index in [0.717, 1.165) is 36.9 Å². The highest BCUT2D eigenvalue weighted by atomic mass is 19.1. The first-order chi connectivity index (χ1) is 12.1. The summed E-state index contributed by atoms with van der Waals surface area (Å²) in [6.45, 7) is 1.99. The molecule has 1 aliphatic rings. The van der Waals surface area contributed by atoms with Crippen molar-refractivity contribution in [3.8, 4) is 5.75 Å². The predicted octanol–water partition coefficient (Wildman–Crippen LogP) is 4.65. The summed E-state index contributed by atoms with van der Waals surface area (Å²) in [5.74, 6) is 0.272. The number of hydrogen-bond acceptors (Lipinski definition) is 2. The van der Waals surface area contributed by atoms with E-state index < -0.39 is 0 Å². The highest BCUT2D eigenvalue weighted by molar-refractivity contribution is 5.89. The topological polar surface area (TPSA) is 50.4 Å². The van der Waals surface area contributed by atoms with Gasteiger partial charge < -0.3 is 15.4 Å². The first-order valence-electron chi connectivity index (χ1n) is 8.65. The molecule has 0 heterocycles. The van der Waals surface area contributed by atoms with E-state index in [2.05, 4.69) is 10.6 Å². The van der Waals surface area contributed by atoms with E-state index in [1.54, 1.807) is 12.1 Å². The lowest BCUT2D eigenvalue weighted by atomic mass is 9.93. The minimum atomic E-state index is -0.291. The molecule has 132 valence electrons. The smallest absolute Gasteiger partial charge is 0.319 e. The summed E-state index contributed by atoms with van der Waals surface area (Å²) in [4.78, 5) is 12.1. The molecule has 5 heteroatoms. The van der Waals surface area contributed by atoms with Crippen LogP contribution in [0.5, 0.6) is 5.75 Å². The van der Waals surface area contributed by atoms with Crippen LogP contribution in [0.3, 0.4) is 0 Å². The second-order valence-corrected chi connectivity index (χ2v) is 6.52. The number of halogens is 1. The van der Waals surface area contributed by atoms with Crippen LogP contribution in [0.25, 0.3) is 0 Å². The van der Waals surface area contributed by atoms with Crippen molar-refractivity contribution in [2.45, 2.75) is 44.8 Å². The predicted molar refractivity (Wildman–Crippen MR) is 96.4 cm³/mol. The van der Waals surface area contributed by atoms with Crippen LogP contribution in [0, 0.1) is 12.7 Å². The summed E-state index contributed by atoms with van der Waals surface area (Å²) in [5, 5.41) is 5.88. The third kappa shape index (κ3) is 5.21. The Morgan fingerprint density at radius 2 is 1.84 bits per heavy atom. The normalized spacial score (nSPS) is 19.9. The van der Waals surface area contributed by atoms with Crippen LogP contribution in [0.1, 0.15) is 31.2 Å². The van der Waals surface area contributed by atoms with Gasteiger partial charge in [-0.25, -0.2) is 9.18 Å². The molecule has 0 saturated heterocycles. The Kier molecular flexibility index (Phi) is 5.53. The maximum Gasteiger partial charge on any atom is 0.319 e. The average molecular weight is 342 g/mol. The molecule has 0 atom stereocenters. The van der Waals surface area contributed by atoms with Gasteiger partial charge in [0.2, 0.25) is 0 Å². The molecule has 2 aromatic carbocycles. The van der Waals surface area contributed by atoms with E-state index in [-0.39, 0.29) is 24.0 Å². The zero-order chi connectivity index (χ0) is 17.6. The third-order valence-electron chi connectivity index (χ3n) is 4.38. The number of amides is 2. The van der Waals surface area contributed by atoms with Gasteiger partial charge in [0.1, 0.15) is 11.6 Å². The average Bonchev–Trinajstić information content (AvgIpc) is 2.57. The number of aryl methyl sites for hydroxylation is 1. The molecule has 0 unspecified atom stereocenters. The summed E-state index contributed by atoms with van der Waals surface area (Å²) < 4.78 is 19.0.